The molecule has 0 unspecified atom stereocenters. The number of benzene rings is 1. The molecule has 0 radical (unpaired) electrons. The number of likely N-dealkylation sites (N-methyl/N-ethyl adjacent to an activating group) is 1. The van der Waals surface area contributed by atoms with Crippen LogP contribution in [0.5, 0.6) is 0 Å². The van der Waals surface area contributed by atoms with Crippen LogP contribution < -0.4 is 5.32 Å². The zero-order chi connectivity index (χ0) is 13.7. The highest BCUT2D eigenvalue weighted by atomic mass is 16.2. The molecule has 0 heterocycles. The molecule has 1 aromatic rings. The van der Waals surface area contributed by atoms with Gasteiger partial charge >= 0.3 is 0 Å². The second kappa shape index (κ2) is 6.71. The Morgan fingerprint density at radius 2 is 2.11 bits per heavy atom. The van der Waals surface area contributed by atoms with E-state index in [0.717, 1.165) is 12.2 Å². The minimum absolute atomic E-state index is 0.0966. The smallest absolute Gasteiger partial charge is 0.238 e. The van der Waals surface area contributed by atoms with Crippen molar-refractivity contribution in [1.29, 1.82) is 0 Å². The Labute approximate surface area is 116 Å². The van der Waals surface area contributed by atoms with E-state index in [-0.39, 0.29) is 5.91 Å². The van der Waals surface area contributed by atoms with Gasteiger partial charge in [0.15, 0.2) is 0 Å². The van der Waals surface area contributed by atoms with E-state index in [2.05, 4.69) is 17.1 Å². The SMILES string of the molecule is CCN(CC(=O)Nc1cccc(C)c1)C1CCCC1. The average Bonchev–Trinajstić information content (AvgIpc) is 2.89. The van der Waals surface area contributed by atoms with E-state index >= 15 is 0 Å². The lowest BCUT2D eigenvalue weighted by Crippen LogP contribution is -2.39. The summed E-state index contributed by atoms with van der Waals surface area (Å²) in [6, 6.07) is 8.56. The molecule has 0 saturated heterocycles. The van der Waals surface area contributed by atoms with Gasteiger partial charge in [0.25, 0.3) is 0 Å². The number of hydrogen-bond donors (Lipinski definition) is 1. The molecule has 2 rings (SSSR count). The highest BCUT2D eigenvalue weighted by Crippen LogP contribution is 2.23. The molecular formula is C16H24N2O. The standard InChI is InChI=1S/C16H24N2O/c1-3-18(15-9-4-5-10-15)12-16(19)17-14-8-6-7-13(2)11-14/h6-8,11,15H,3-5,9-10,12H2,1-2H3,(H,17,19). The third-order valence-corrected chi connectivity index (χ3v) is 3.90. The minimum atomic E-state index is 0.0966. The highest BCUT2D eigenvalue weighted by Gasteiger charge is 2.22. The van der Waals surface area contributed by atoms with Gasteiger partial charge in [-0.25, -0.2) is 0 Å². The van der Waals surface area contributed by atoms with Crippen molar-refractivity contribution in [2.24, 2.45) is 0 Å². The maximum Gasteiger partial charge on any atom is 0.238 e. The van der Waals surface area contributed by atoms with Crippen molar-refractivity contribution in [2.75, 3.05) is 18.4 Å². The normalized spacial score (nSPS) is 15.9. The number of hydrogen-bond acceptors (Lipinski definition) is 2. The quantitative estimate of drug-likeness (QED) is 0.881. The van der Waals surface area contributed by atoms with Crippen LogP contribution in [0.4, 0.5) is 5.69 Å². The zero-order valence-electron chi connectivity index (χ0n) is 12.0. The van der Waals surface area contributed by atoms with E-state index in [9.17, 15) is 4.79 Å². The first kappa shape index (κ1) is 14.1. The molecule has 19 heavy (non-hydrogen) atoms. The van der Waals surface area contributed by atoms with Crippen LogP contribution in [0.1, 0.15) is 38.2 Å². The second-order valence-electron chi connectivity index (χ2n) is 5.42. The number of amides is 1. The van der Waals surface area contributed by atoms with Crippen LogP contribution >= 0.6 is 0 Å². The average molecular weight is 260 g/mol. The van der Waals surface area contributed by atoms with Gasteiger partial charge in [0.2, 0.25) is 5.91 Å². The van der Waals surface area contributed by atoms with Crippen LogP contribution in [0, 0.1) is 6.92 Å². The summed E-state index contributed by atoms with van der Waals surface area (Å²) in [5, 5.41) is 2.99. The molecule has 1 fully saturated rings. The number of aryl methyl sites for hydroxylation is 1. The summed E-state index contributed by atoms with van der Waals surface area (Å²) in [5.74, 6) is 0.0966. The lowest BCUT2D eigenvalue weighted by atomic mass is 10.2. The molecule has 0 aromatic heterocycles. The molecule has 1 aliphatic rings. The Kier molecular flexibility index (Phi) is 4.97. The summed E-state index contributed by atoms with van der Waals surface area (Å²) in [5.41, 5.74) is 2.06. The van der Waals surface area contributed by atoms with E-state index in [4.69, 9.17) is 0 Å². The van der Waals surface area contributed by atoms with E-state index in [1.54, 1.807) is 0 Å². The first-order valence-electron chi connectivity index (χ1n) is 7.29. The molecule has 1 saturated carbocycles. The van der Waals surface area contributed by atoms with Crippen molar-refractivity contribution < 1.29 is 4.79 Å². The Balaban J connectivity index is 1.89. The maximum absolute atomic E-state index is 12.1. The van der Waals surface area contributed by atoms with Gasteiger partial charge < -0.3 is 5.32 Å². The topological polar surface area (TPSA) is 32.3 Å². The van der Waals surface area contributed by atoms with Gasteiger partial charge in [-0.1, -0.05) is 31.9 Å². The second-order valence-corrected chi connectivity index (χ2v) is 5.42. The molecule has 0 aliphatic heterocycles. The molecule has 1 aromatic carbocycles. The van der Waals surface area contributed by atoms with E-state index in [1.807, 2.05) is 31.2 Å². The predicted molar refractivity (Wildman–Crippen MR) is 79.3 cm³/mol. The van der Waals surface area contributed by atoms with Crippen LogP contribution in [-0.2, 0) is 4.79 Å². The van der Waals surface area contributed by atoms with Gasteiger partial charge in [-0.15, -0.1) is 0 Å². The number of nitrogens with one attached hydrogen (secondary N) is 1. The lowest BCUT2D eigenvalue weighted by Gasteiger charge is -2.26. The third kappa shape index (κ3) is 4.06. The van der Waals surface area contributed by atoms with Gasteiger partial charge in [0.05, 0.1) is 6.54 Å². The summed E-state index contributed by atoms with van der Waals surface area (Å²) in [4.78, 5) is 14.4. The van der Waals surface area contributed by atoms with Crippen molar-refractivity contribution in [3.63, 3.8) is 0 Å². The fourth-order valence-electron chi connectivity index (χ4n) is 2.88. The molecule has 0 spiro atoms. The van der Waals surface area contributed by atoms with Crippen LogP contribution in [0.3, 0.4) is 0 Å². The monoisotopic (exact) mass is 260 g/mol. The van der Waals surface area contributed by atoms with Crippen LogP contribution in [0.25, 0.3) is 0 Å². The minimum Gasteiger partial charge on any atom is -0.325 e. The lowest BCUT2D eigenvalue weighted by molar-refractivity contribution is -0.117. The first-order chi connectivity index (χ1) is 9.19. The number of anilines is 1. The van der Waals surface area contributed by atoms with Crippen LogP contribution in [-0.4, -0.2) is 29.9 Å². The molecule has 1 amide bonds. The van der Waals surface area contributed by atoms with Crippen molar-refractivity contribution in [3.05, 3.63) is 29.8 Å². The maximum atomic E-state index is 12.1. The van der Waals surface area contributed by atoms with Gasteiger partial charge in [-0.05, 0) is 44.0 Å². The Morgan fingerprint density at radius 3 is 2.74 bits per heavy atom. The molecule has 0 atom stereocenters. The zero-order valence-corrected chi connectivity index (χ0v) is 12.0. The Bertz CT molecular complexity index is 425. The van der Waals surface area contributed by atoms with Crippen molar-refractivity contribution >= 4 is 11.6 Å². The summed E-state index contributed by atoms with van der Waals surface area (Å²) >= 11 is 0. The van der Waals surface area contributed by atoms with E-state index in [0.29, 0.717) is 12.6 Å². The van der Waals surface area contributed by atoms with Crippen molar-refractivity contribution in [3.8, 4) is 0 Å². The molecular weight excluding hydrogens is 236 g/mol. The molecule has 1 N–H and O–H groups in total. The number of carbonyl (C=O) groups is 1. The van der Waals surface area contributed by atoms with E-state index < -0.39 is 0 Å². The van der Waals surface area contributed by atoms with Gasteiger partial charge in [-0.3, -0.25) is 9.69 Å². The van der Waals surface area contributed by atoms with Crippen LogP contribution in [0.15, 0.2) is 24.3 Å². The van der Waals surface area contributed by atoms with E-state index in [1.165, 1.54) is 31.2 Å². The Hall–Kier alpha value is -1.35. The predicted octanol–water partition coefficient (Wildman–Crippen LogP) is 3.20. The molecule has 3 heteroatoms. The van der Waals surface area contributed by atoms with Gasteiger partial charge in [-0.2, -0.15) is 0 Å². The number of rotatable bonds is 5. The Morgan fingerprint density at radius 1 is 1.37 bits per heavy atom. The fourth-order valence-corrected chi connectivity index (χ4v) is 2.88. The van der Waals surface area contributed by atoms with Crippen molar-refractivity contribution in [1.82, 2.24) is 4.90 Å². The molecule has 1 aliphatic carbocycles. The number of nitrogens with zero attached hydrogens (tertiary/aromatic N) is 1. The first-order valence-corrected chi connectivity index (χ1v) is 7.29. The highest BCUT2D eigenvalue weighted by molar-refractivity contribution is 5.92. The van der Waals surface area contributed by atoms with Gasteiger partial charge in [0.1, 0.15) is 0 Å². The fraction of sp³-hybridized carbons (Fsp3) is 0.562. The number of carbonyl (C=O) groups excluding carboxylic acids is 1. The molecule has 104 valence electrons. The third-order valence-electron chi connectivity index (χ3n) is 3.90. The molecule has 3 nitrogen and oxygen atoms in total. The summed E-state index contributed by atoms with van der Waals surface area (Å²) in [6.07, 6.45) is 5.10. The van der Waals surface area contributed by atoms with Crippen LogP contribution in [0.2, 0.25) is 0 Å². The largest absolute Gasteiger partial charge is 0.325 e. The molecule has 0 bridgehead atoms. The van der Waals surface area contributed by atoms with Gasteiger partial charge in [0, 0.05) is 11.7 Å². The van der Waals surface area contributed by atoms with Crippen molar-refractivity contribution in [2.45, 2.75) is 45.6 Å². The summed E-state index contributed by atoms with van der Waals surface area (Å²) < 4.78 is 0. The summed E-state index contributed by atoms with van der Waals surface area (Å²) in [6.45, 7) is 5.63. The summed E-state index contributed by atoms with van der Waals surface area (Å²) in [7, 11) is 0.